The number of aryl methyl sites for hydroxylation is 1. The predicted octanol–water partition coefficient (Wildman–Crippen LogP) is 0.257. The Morgan fingerprint density at radius 2 is 2.50 bits per heavy atom. The summed E-state index contributed by atoms with van der Waals surface area (Å²) in [7, 11) is 0. The van der Waals surface area contributed by atoms with Crippen LogP contribution in [0, 0.1) is 0 Å². The molecule has 1 fully saturated rings. The Labute approximate surface area is 81.7 Å². The Bertz CT molecular complexity index is 331. The Morgan fingerprint density at radius 3 is 3.07 bits per heavy atom. The first-order chi connectivity index (χ1) is 6.74. The summed E-state index contributed by atoms with van der Waals surface area (Å²) in [4.78, 5) is 11.3. The highest BCUT2D eigenvalue weighted by molar-refractivity contribution is 5.76. The lowest BCUT2D eigenvalue weighted by atomic mass is 10.4. The van der Waals surface area contributed by atoms with E-state index >= 15 is 0 Å². The average Bonchev–Trinajstić information content (AvgIpc) is 2.85. The first-order valence-electron chi connectivity index (χ1n) is 4.75. The Morgan fingerprint density at radius 1 is 1.71 bits per heavy atom. The molecule has 2 N–H and O–H groups in total. The SMILES string of the molecule is O=C(CCn1cc(O)cn1)NC1CC1. The lowest BCUT2D eigenvalue weighted by Crippen LogP contribution is -2.26. The number of hydrogen-bond acceptors (Lipinski definition) is 3. The quantitative estimate of drug-likeness (QED) is 0.724. The van der Waals surface area contributed by atoms with Crippen LogP contribution in [0.4, 0.5) is 0 Å². The van der Waals surface area contributed by atoms with Gasteiger partial charge in [-0.05, 0) is 12.8 Å². The molecule has 1 heterocycles. The maximum Gasteiger partial charge on any atom is 0.222 e. The zero-order valence-corrected chi connectivity index (χ0v) is 7.81. The summed E-state index contributed by atoms with van der Waals surface area (Å²) in [6.45, 7) is 0.513. The van der Waals surface area contributed by atoms with Gasteiger partial charge in [0.15, 0.2) is 5.75 Å². The van der Waals surface area contributed by atoms with Gasteiger partial charge in [-0.3, -0.25) is 9.48 Å². The lowest BCUT2D eigenvalue weighted by Gasteiger charge is -2.02. The standard InChI is InChI=1S/C9H13N3O2/c13-8-5-10-12(6-8)4-3-9(14)11-7-1-2-7/h5-7,13H,1-4H2,(H,11,14). The number of rotatable bonds is 4. The van der Waals surface area contributed by atoms with E-state index in [4.69, 9.17) is 5.11 Å². The number of carbonyl (C=O) groups excluding carboxylic acids is 1. The van der Waals surface area contributed by atoms with Crippen molar-refractivity contribution in [1.82, 2.24) is 15.1 Å². The van der Waals surface area contributed by atoms with Gasteiger partial charge in [0.25, 0.3) is 0 Å². The molecule has 0 bridgehead atoms. The van der Waals surface area contributed by atoms with Gasteiger partial charge in [0, 0.05) is 19.0 Å². The molecule has 1 aromatic rings. The minimum absolute atomic E-state index is 0.0579. The van der Waals surface area contributed by atoms with Crippen molar-refractivity contribution in [3.05, 3.63) is 12.4 Å². The summed E-state index contributed by atoms with van der Waals surface area (Å²) in [6, 6.07) is 0.411. The van der Waals surface area contributed by atoms with E-state index in [1.165, 1.54) is 12.4 Å². The topological polar surface area (TPSA) is 67.2 Å². The number of hydrogen-bond donors (Lipinski definition) is 2. The van der Waals surface area contributed by atoms with Crippen molar-refractivity contribution in [2.24, 2.45) is 0 Å². The van der Waals surface area contributed by atoms with Gasteiger partial charge in [-0.25, -0.2) is 0 Å². The zero-order chi connectivity index (χ0) is 9.97. The minimum atomic E-state index is 0.0579. The third-order valence-electron chi connectivity index (χ3n) is 2.13. The van der Waals surface area contributed by atoms with Crippen molar-refractivity contribution in [3.63, 3.8) is 0 Å². The fourth-order valence-electron chi connectivity index (χ4n) is 1.22. The van der Waals surface area contributed by atoms with E-state index in [1.54, 1.807) is 4.68 Å². The van der Waals surface area contributed by atoms with E-state index in [0.29, 0.717) is 19.0 Å². The van der Waals surface area contributed by atoms with Crippen molar-refractivity contribution < 1.29 is 9.90 Å². The molecule has 0 radical (unpaired) electrons. The van der Waals surface area contributed by atoms with Gasteiger partial charge in [0.1, 0.15) is 0 Å². The summed E-state index contributed by atoms with van der Waals surface area (Å²) in [5.74, 6) is 0.190. The second kappa shape index (κ2) is 3.69. The monoisotopic (exact) mass is 195 g/mol. The van der Waals surface area contributed by atoms with Gasteiger partial charge >= 0.3 is 0 Å². The Balaban J connectivity index is 1.73. The van der Waals surface area contributed by atoms with E-state index in [1.807, 2.05) is 0 Å². The molecule has 1 saturated carbocycles. The first kappa shape index (κ1) is 9.05. The van der Waals surface area contributed by atoms with Crippen LogP contribution in [0.5, 0.6) is 5.75 Å². The van der Waals surface area contributed by atoms with Gasteiger partial charge in [0.2, 0.25) is 5.91 Å². The number of aromatic nitrogens is 2. The maximum absolute atomic E-state index is 11.3. The third-order valence-corrected chi connectivity index (χ3v) is 2.13. The molecule has 0 spiro atoms. The van der Waals surface area contributed by atoms with Crippen LogP contribution in [0.2, 0.25) is 0 Å². The third kappa shape index (κ3) is 2.48. The van der Waals surface area contributed by atoms with Gasteiger partial charge in [-0.2, -0.15) is 5.10 Å². The van der Waals surface area contributed by atoms with Crippen LogP contribution in [-0.4, -0.2) is 26.8 Å². The fourth-order valence-corrected chi connectivity index (χ4v) is 1.22. The number of aromatic hydroxyl groups is 1. The smallest absolute Gasteiger partial charge is 0.222 e. The van der Waals surface area contributed by atoms with Gasteiger partial charge < -0.3 is 10.4 Å². The fraction of sp³-hybridized carbons (Fsp3) is 0.556. The van der Waals surface area contributed by atoms with E-state index < -0.39 is 0 Å². The molecule has 1 aromatic heterocycles. The molecule has 0 atom stereocenters. The molecular formula is C9H13N3O2. The first-order valence-corrected chi connectivity index (χ1v) is 4.75. The van der Waals surface area contributed by atoms with Gasteiger partial charge in [-0.1, -0.05) is 0 Å². The normalized spacial score (nSPS) is 15.4. The summed E-state index contributed by atoms with van der Waals surface area (Å²) in [5, 5.41) is 15.7. The van der Waals surface area contributed by atoms with Gasteiger partial charge in [0.05, 0.1) is 12.4 Å². The average molecular weight is 195 g/mol. The number of nitrogens with one attached hydrogen (secondary N) is 1. The van der Waals surface area contributed by atoms with Crippen LogP contribution in [0.3, 0.4) is 0 Å². The molecule has 5 nitrogen and oxygen atoms in total. The van der Waals surface area contributed by atoms with Crippen LogP contribution in [-0.2, 0) is 11.3 Å². The summed E-state index contributed by atoms with van der Waals surface area (Å²) in [5.41, 5.74) is 0. The van der Waals surface area contributed by atoms with Crippen LogP contribution in [0.25, 0.3) is 0 Å². The van der Waals surface area contributed by atoms with Gasteiger partial charge in [-0.15, -0.1) is 0 Å². The molecule has 0 aliphatic heterocycles. The molecule has 76 valence electrons. The lowest BCUT2D eigenvalue weighted by molar-refractivity contribution is -0.121. The van der Waals surface area contributed by atoms with Crippen LogP contribution in [0.15, 0.2) is 12.4 Å². The van der Waals surface area contributed by atoms with Crippen molar-refractivity contribution in [2.75, 3.05) is 0 Å². The Kier molecular flexibility index (Phi) is 2.39. The molecule has 14 heavy (non-hydrogen) atoms. The highest BCUT2D eigenvalue weighted by Gasteiger charge is 2.22. The molecular weight excluding hydrogens is 182 g/mol. The zero-order valence-electron chi connectivity index (χ0n) is 7.81. The second-order valence-electron chi connectivity index (χ2n) is 3.55. The minimum Gasteiger partial charge on any atom is -0.505 e. The summed E-state index contributed by atoms with van der Waals surface area (Å²) in [6.07, 6.45) is 5.49. The van der Waals surface area contributed by atoms with Crippen LogP contribution in [0.1, 0.15) is 19.3 Å². The van der Waals surface area contributed by atoms with Crippen LogP contribution >= 0.6 is 0 Å². The van der Waals surface area contributed by atoms with E-state index in [0.717, 1.165) is 12.8 Å². The number of amides is 1. The Hall–Kier alpha value is -1.52. The molecule has 1 aliphatic rings. The van der Waals surface area contributed by atoms with E-state index in [9.17, 15) is 4.79 Å². The van der Waals surface area contributed by atoms with Crippen LogP contribution < -0.4 is 5.32 Å². The predicted molar refractivity (Wildman–Crippen MR) is 49.7 cm³/mol. The van der Waals surface area contributed by atoms with Crippen molar-refractivity contribution >= 4 is 5.91 Å². The molecule has 1 amide bonds. The largest absolute Gasteiger partial charge is 0.505 e. The second-order valence-corrected chi connectivity index (χ2v) is 3.55. The van der Waals surface area contributed by atoms with E-state index in [2.05, 4.69) is 10.4 Å². The molecule has 1 aliphatic carbocycles. The number of nitrogens with zero attached hydrogens (tertiary/aromatic N) is 2. The van der Waals surface area contributed by atoms with Crippen molar-refractivity contribution in [1.29, 1.82) is 0 Å². The van der Waals surface area contributed by atoms with E-state index in [-0.39, 0.29) is 11.7 Å². The summed E-state index contributed by atoms with van der Waals surface area (Å²) < 4.78 is 1.56. The maximum atomic E-state index is 11.3. The summed E-state index contributed by atoms with van der Waals surface area (Å²) >= 11 is 0. The molecule has 0 aromatic carbocycles. The number of carbonyl (C=O) groups is 1. The highest BCUT2D eigenvalue weighted by Crippen LogP contribution is 2.18. The molecule has 2 rings (SSSR count). The highest BCUT2D eigenvalue weighted by atomic mass is 16.3. The molecule has 5 heteroatoms. The molecule has 0 unspecified atom stereocenters. The van der Waals surface area contributed by atoms with Crippen molar-refractivity contribution in [2.45, 2.75) is 31.8 Å². The molecule has 0 saturated heterocycles. The van der Waals surface area contributed by atoms with Crippen molar-refractivity contribution in [3.8, 4) is 5.75 Å².